The van der Waals surface area contributed by atoms with Gasteiger partial charge in [-0.3, -0.25) is 4.21 Å². The van der Waals surface area contributed by atoms with Crippen LogP contribution in [0.2, 0.25) is 0 Å². The Bertz CT molecular complexity index is 525. The lowest BCUT2D eigenvalue weighted by molar-refractivity contribution is 0.685. The van der Waals surface area contributed by atoms with Crippen LogP contribution >= 0.6 is 0 Å². The summed E-state index contributed by atoms with van der Waals surface area (Å²) in [5.74, 6) is 0.726. The van der Waals surface area contributed by atoms with Gasteiger partial charge in [-0.15, -0.1) is 0 Å². The van der Waals surface area contributed by atoms with E-state index in [2.05, 4.69) is 15.5 Å². The molecule has 0 fully saturated rings. The molecule has 1 unspecified atom stereocenters. The highest BCUT2D eigenvalue weighted by molar-refractivity contribution is 7.84. The van der Waals surface area contributed by atoms with Gasteiger partial charge in [0.05, 0.1) is 17.4 Å². The van der Waals surface area contributed by atoms with Gasteiger partial charge in [0.2, 0.25) is 0 Å². The second-order valence-electron chi connectivity index (χ2n) is 3.83. The third-order valence-corrected chi connectivity index (χ3v) is 3.33. The SMILES string of the molecule is CS(=O)CCCNc1cnnc2ccccc12. The molecule has 90 valence electrons. The van der Waals surface area contributed by atoms with Crippen molar-refractivity contribution in [2.45, 2.75) is 6.42 Å². The summed E-state index contributed by atoms with van der Waals surface area (Å²) in [4.78, 5) is 0. The minimum Gasteiger partial charge on any atom is -0.383 e. The molecule has 1 atom stereocenters. The lowest BCUT2D eigenvalue weighted by Crippen LogP contribution is -2.07. The summed E-state index contributed by atoms with van der Waals surface area (Å²) in [7, 11) is -0.719. The normalized spacial score (nSPS) is 12.5. The summed E-state index contributed by atoms with van der Waals surface area (Å²) >= 11 is 0. The molecule has 5 heteroatoms. The minimum atomic E-state index is -0.719. The summed E-state index contributed by atoms with van der Waals surface area (Å²) in [5.41, 5.74) is 1.87. The largest absolute Gasteiger partial charge is 0.383 e. The van der Waals surface area contributed by atoms with Crippen molar-refractivity contribution in [2.24, 2.45) is 0 Å². The van der Waals surface area contributed by atoms with Crippen LogP contribution in [-0.4, -0.2) is 33.0 Å². The van der Waals surface area contributed by atoms with Gasteiger partial charge in [-0.05, 0) is 12.5 Å². The Morgan fingerprint density at radius 2 is 2.18 bits per heavy atom. The van der Waals surface area contributed by atoms with Crippen molar-refractivity contribution in [3.05, 3.63) is 30.5 Å². The average molecular weight is 249 g/mol. The Labute approximate surface area is 103 Å². The third-order valence-electron chi connectivity index (χ3n) is 2.47. The maximum Gasteiger partial charge on any atom is 0.0950 e. The zero-order valence-electron chi connectivity index (χ0n) is 9.72. The molecule has 0 aliphatic heterocycles. The standard InChI is InChI=1S/C12H15N3OS/c1-17(16)8-4-7-13-12-9-14-15-11-6-3-2-5-10(11)12/h2-3,5-6,9H,4,7-8H2,1H3,(H,13,15). The predicted molar refractivity (Wildman–Crippen MR) is 71.6 cm³/mol. The molecule has 1 aromatic heterocycles. The van der Waals surface area contributed by atoms with Gasteiger partial charge in [-0.25, -0.2) is 0 Å². The monoisotopic (exact) mass is 249 g/mol. The van der Waals surface area contributed by atoms with Crippen LogP contribution in [-0.2, 0) is 10.8 Å². The lowest BCUT2D eigenvalue weighted by Gasteiger charge is -2.07. The zero-order chi connectivity index (χ0) is 12.1. The van der Waals surface area contributed by atoms with Crippen LogP contribution in [0.5, 0.6) is 0 Å². The van der Waals surface area contributed by atoms with E-state index >= 15 is 0 Å². The van der Waals surface area contributed by atoms with Gasteiger partial charge in [0.15, 0.2) is 0 Å². The predicted octanol–water partition coefficient (Wildman–Crippen LogP) is 1.81. The van der Waals surface area contributed by atoms with Crippen LogP contribution < -0.4 is 5.32 Å². The zero-order valence-corrected chi connectivity index (χ0v) is 10.5. The Kier molecular flexibility index (Phi) is 4.03. The molecule has 0 aliphatic rings. The smallest absolute Gasteiger partial charge is 0.0950 e. The van der Waals surface area contributed by atoms with Crippen LogP contribution in [0.1, 0.15) is 6.42 Å². The van der Waals surface area contributed by atoms with E-state index in [1.165, 1.54) is 0 Å². The quantitative estimate of drug-likeness (QED) is 0.821. The maximum atomic E-state index is 10.9. The molecule has 0 amide bonds. The molecule has 0 saturated heterocycles. The molecular formula is C12H15N3OS. The van der Waals surface area contributed by atoms with E-state index in [1.54, 1.807) is 12.5 Å². The average Bonchev–Trinajstić information content (AvgIpc) is 2.34. The first-order valence-electron chi connectivity index (χ1n) is 5.51. The van der Waals surface area contributed by atoms with Crippen molar-refractivity contribution >= 4 is 27.4 Å². The van der Waals surface area contributed by atoms with E-state index in [4.69, 9.17) is 0 Å². The van der Waals surface area contributed by atoms with Gasteiger partial charge in [0, 0.05) is 34.7 Å². The fourth-order valence-corrected chi connectivity index (χ4v) is 2.20. The Morgan fingerprint density at radius 3 is 3.00 bits per heavy atom. The second kappa shape index (κ2) is 5.72. The highest BCUT2D eigenvalue weighted by atomic mass is 32.2. The van der Waals surface area contributed by atoms with Crippen molar-refractivity contribution in [1.29, 1.82) is 0 Å². The summed E-state index contributed by atoms with van der Waals surface area (Å²) < 4.78 is 10.9. The topological polar surface area (TPSA) is 54.9 Å². The Morgan fingerprint density at radius 1 is 1.35 bits per heavy atom. The van der Waals surface area contributed by atoms with Crippen LogP contribution in [0.4, 0.5) is 5.69 Å². The number of rotatable bonds is 5. The van der Waals surface area contributed by atoms with Gasteiger partial charge in [0.25, 0.3) is 0 Å². The number of anilines is 1. The maximum absolute atomic E-state index is 10.9. The molecule has 2 aromatic rings. The Balaban J connectivity index is 2.05. The molecule has 0 saturated carbocycles. The van der Waals surface area contributed by atoms with Crippen LogP contribution in [0, 0.1) is 0 Å². The summed E-state index contributed by atoms with van der Waals surface area (Å²) in [6.07, 6.45) is 4.34. The molecule has 1 heterocycles. The van der Waals surface area contributed by atoms with Gasteiger partial charge in [0.1, 0.15) is 0 Å². The number of hydrogen-bond acceptors (Lipinski definition) is 4. The van der Waals surface area contributed by atoms with Crippen molar-refractivity contribution in [3.63, 3.8) is 0 Å². The lowest BCUT2D eigenvalue weighted by atomic mass is 10.2. The first-order valence-corrected chi connectivity index (χ1v) is 7.24. The van der Waals surface area contributed by atoms with Crippen LogP contribution in [0.3, 0.4) is 0 Å². The van der Waals surface area contributed by atoms with Crippen molar-refractivity contribution in [3.8, 4) is 0 Å². The Hall–Kier alpha value is -1.49. The molecule has 1 N–H and O–H groups in total. The van der Waals surface area contributed by atoms with E-state index in [0.717, 1.165) is 35.3 Å². The third kappa shape index (κ3) is 3.23. The van der Waals surface area contributed by atoms with E-state index < -0.39 is 10.8 Å². The molecular weight excluding hydrogens is 234 g/mol. The fraction of sp³-hybridized carbons (Fsp3) is 0.333. The van der Waals surface area contributed by atoms with Crippen molar-refractivity contribution in [2.75, 3.05) is 23.9 Å². The summed E-state index contributed by atoms with van der Waals surface area (Å²) in [5, 5.41) is 12.4. The number of aromatic nitrogens is 2. The molecule has 17 heavy (non-hydrogen) atoms. The molecule has 1 aromatic carbocycles. The molecule has 0 bridgehead atoms. The summed E-state index contributed by atoms with van der Waals surface area (Å²) in [6.45, 7) is 0.801. The number of nitrogens with zero attached hydrogens (tertiary/aromatic N) is 2. The van der Waals surface area contributed by atoms with Gasteiger partial charge in [-0.1, -0.05) is 18.2 Å². The van der Waals surface area contributed by atoms with E-state index in [1.807, 2.05) is 24.3 Å². The van der Waals surface area contributed by atoms with E-state index in [9.17, 15) is 4.21 Å². The second-order valence-corrected chi connectivity index (χ2v) is 5.39. The number of hydrogen-bond donors (Lipinski definition) is 1. The van der Waals surface area contributed by atoms with Gasteiger partial charge >= 0.3 is 0 Å². The first-order chi connectivity index (χ1) is 8.27. The van der Waals surface area contributed by atoms with Crippen molar-refractivity contribution < 1.29 is 4.21 Å². The fourth-order valence-electron chi connectivity index (χ4n) is 1.65. The number of nitrogens with one attached hydrogen (secondary N) is 1. The van der Waals surface area contributed by atoms with Gasteiger partial charge < -0.3 is 5.32 Å². The minimum absolute atomic E-state index is 0.719. The summed E-state index contributed by atoms with van der Waals surface area (Å²) in [6, 6.07) is 7.89. The van der Waals surface area contributed by atoms with Crippen LogP contribution in [0.15, 0.2) is 30.5 Å². The van der Waals surface area contributed by atoms with Crippen LogP contribution in [0.25, 0.3) is 10.9 Å². The highest BCUT2D eigenvalue weighted by Gasteiger charge is 2.01. The number of benzene rings is 1. The highest BCUT2D eigenvalue weighted by Crippen LogP contribution is 2.19. The molecule has 0 radical (unpaired) electrons. The molecule has 0 aliphatic carbocycles. The van der Waals surface area contributed by atoms with Gasteiger partial charge in [-0.2, -0.15) is 10.2 Å². The number of fused-ring (bicyclic) bond motifs is 1. The van der Waals surface area contributed by atoms with E-state index in [-0.39, 0.29) is 0 Å². The van der Waals surface area contributed by atoms with E-state index in [0.29, 0.717) is 0 Å². The molecule has 2 rings (SSSR count). The molecule has 4 nitrogen and oxygen atoms in total. The van der Waals surface area contributed by atoms with Crippen molar-refractivity contribution in [1.82, 2.24) is 10.2 Å². The first kappa shape index (κ1) is 12.0. The molecule has 0 spiro atoms.